The van der Waals surface area contributed by atoms with Crippen LogP contribution in [0.2, 0.25) is 0 Å². The third-order valence-corrected chi connectivity index (χ3v) is 3.74. The lowest BCUT2D eigenvalue weighted by Crippen LogP contribution is -2.01. The van der Waals surface area contributed by atoms with Crippen LogP contribution in [0.15, 0.2) is 60.8 Å². The predicted molar refractivity (Wildman–Crippen MR) is 105 cm³/mol. The Morgan fingerprint density at radius 2 is 1.37 bits per heavy atom. The van der Waals surface area contributed by atoms with Crippen molar-refractivity contribution in [1.82, 2.24) is 9.78 Å². The van der Waals surface area contributed by atoms with Gasteiger partial charge in [-0.2, -0.15) is 5.10 Å². The minimum atomic E-state index is -2.62. The second-order valence-electron chi connectivity index (χ2n) is 5.66. The number of nitrogens with two attached hydrogens (primary N) is 1. The maximum Gasteiger partial charge on any atom is 0.198 e. The van der Waals surface area contributed by atoms with Gasteiger partial charge in [-0.1, -0.05) is 24.3 Å². The van der Waals surface area contributed by atoms with Gasteiger partial charge in [-0.05, 0) is 41.5 Å². The van der Waals surface area contributed by atoms with Crippen molar-refractivity contribution in [2.45, 2.75) is 13.0 Å². The Morgan fingerprint density at radius 1 is 0.889 bits per heavy atom. The first-order chi connectivity index (χ1) is 13.0. The van der Waals surface area contributed by atoms with E-state index in [9.17, 15) is 0 Å². The summed E-state index contributed by atoms with van der Waals surface area (Å²) in [4.78, 5) is 0. The summed E-state index contributed by atoms with van der Waals surface area (Å²) < 4.78 is 29.9. The molecule has 0 radical (unpaired) electrons. The van der Waals surface area contributed by atoms with Crippen molar-refractivity contribution in [2.75, 3.05) is 14.2 Å². The summed E-state index contributed by atoms with van der Waals surface area (Å²) in [6.07, 6.45) is 2.84. The Morgan fingerprint density at radius 3 is 1.85 bits per heavy atom. The van der Waals surface area contributed by atoms with Crippen LogP contribution in [-0.2, 0) is 23.9 Å². The third-order valence-electron chi connectivity index (χ3n) is 3.74. The van der Waals surface area contributed by atoms with Crippen molar-refractivity contribution >= 4 is 10.9 Å². The van der Waals surface area contributed by atoms with E-state index in [0.717, 1.165) is 30.2 Å². The van der Waals surface area contributed by atoms with Crippen LogP contribution in [0.3, 0.4) is 0 Å². The zero-order valence-corrected chi connectivity index (χ0v) is 16.1. The Balaban J connectivity index is 0.000000596. The molecule has 3 rings (SSSR count). The Kier molecular flexibility index (Phi) is 7.84. The highest BCUT2D eigenvalue weighted by molar-refractivity contribution is 7.69. The molecule has 1 heterocycles. The van der Waals surface area contributed by atoms with E-state index in [0.29, 0.717) is 0 Å². The van der Waals surface area contributed by atoms with Gasteiger partial charge in [0.1, 0.15) is 11.5 Å². The average Bonchev–Trinajstić information content (AvgIpc) is 3.09. The Hall–Kier alpha value is -2.84. The van der Waals surface area contributed by atoms with Crippen molar-refractivity contribution in [3.8, 4) is 11.5 Å². The fourth-order valence-electron chi connectivity index (χ4n) is 2.46. The summed E-state index contributed by atoms with van der Waals surface area (Å²) in [6, 6.07) is 18.2. The summed E-state index contributed by atoms with van der Waals surface area (Å²) in [5.41, 5.74) is 3.48. The van der Waals surface area contributed by atoms with E-state index >= 15 is 0 Å². The molecule has 0 aliphatic heterocycles. The van der Waals surface area contributed by atoms with Crippen LogP contribution in [0.25, 0.3) is 0 Å². The third kappa shape index (κ3) is 7.12. The molecule has 144 valence electrons. The lowest BCUT2D eigenvalue weighted by atomic mass is 10.1. The lowest BCUT2D eigenvalue weighted by Gasteiger charge is -2.04. The highest BCUT2D eigenvalue weighted by Gasteiger charge is 2.03. The molecular formula is C19H23N3O4S. The maximum absolute atomic E-state index is 8.81. The van der Waals surface area contributed by atoms with Crippen molar-refractivity contribution in [2.24, 2.45) is 5.14 Å². The predicted octanol–water partition coefficient (Wildman–Crippen LogP) is 2.01. The molecule has 0 bridgehead atoms. The molecule has 0 spiro atoms. The van der Waals surface area contributed by atoms with Gasteiger partial charge in [0.05, 0.1) is 26.5 Å². The van der Waals surface area contributed by atoms with E-state index < -0.39 is 10.9 Å². The first-order valence-electron chi connectivity index (χ1n) is 8.17. The van der Waals surface area contributed by atoms with Crippen LogP contribution in [-0.4, -0.2) is 32.4 Å². The molecule has 3 aromatic rings. The van der Waals surface area contributed by atoms with Gasteiger partial charge in [-0.3, -0.25) is 4.68 Å². The van der Waals surface area contributed by atoms with Gasteiger partial charge in [0, 0.05) is 12.6 Å². The van der Waals surface area contributed by atoms with Crippen molar-refractivity contribution in [3.05, 3.63) is 77.6 Å². The molecule has 0 atom stereocenters. The normalized spacial score (nSPS) is 10.2. The topological polar surface area (TPSA) is 96.4 Å². The molecular weight excluding hydrogens is 366 g/mol. The molecule has 0 unspecified atom stereocenters. The van der Waals surface area contributed by atoms with Gasteiger partial charge in [-0.25, -0.2) is 13.6 Å². The molecule has 2 N–H and O–H groups in total. The zero-order chi connectivity index (χ0) is 19.6. The van der Waals surface area contributed by atoms with E-state index in [1.165, 1.54) is 11.1 Å². The number of ether oxygens (including phenoxy) is 2. The van der Waals surface area contributed by atoms with Gasteiger partial charge in [0.2, 0.25) is 0 Å². The van der Waals surface area contributed by atoms with Crippen LogP contribution in [0.1, 0.15) is 16.8 Å². The van der Waals surface area contributed by atoms with Crippen LogP contribution in [0, 0.1) is 0 Å². The highest BCUT2D eigenvalue weighted by Crippen LogP contribution is 2.15. The van der Waals surface area contributed by atoms with Crippen molar-refractivity contribution in [1.29, 1.82) is 0 Å². The van der Waals surface area contributed by atoms with E-state index in [4.69, 9.17) is 17.9 Å². The molecule has 8 heteroatoms. The molecule has 0 aliphatic carbocycles. The summed E-state index contributed by atoms with van der Waals surface area (Å²) in [6.45, 7) is 0.757. The van der Waals surface area contributed by atoms with Gasteiger partial charge in [0.25, 0.3) is 0 Å². The van der Waals surface area contributed by atoms with Gasteiger partial charge in [-0.15, -0.1) is 0 Å². The van der Waals surface area contributed by atoms with E-state index in [1.54, 1.807) is 14.2 Å². The fraction of sp³-hybridized carbons (Fsp3) is 0.211. The minimum absolute atomic E-state index is 0.757. The second kappa shape index (κ2) is 10.3. The average molecular weight is 389 g/mol. The van der Waals surface area contributed by atoms with Gasteiger partial charge in [0.15, 0.2) is 10.9 Å². The van der Waals surface area contributed by atoms with E-state index in [-0.39, 0.29) is 0 Å². The lowest BCUT2D eigenvalue weighted by molar-refractivity contribution is 0.414. The number of benzene rings is 2. The number of hydrogen-bond acceptors (Lipinski definition) is 5. The molecule has 2 aromatic carbocycles. The number of methoxy groups -OCH3 is 2. The second-order valence-corrected chi connectivity index (χ2v) is 6.23. The molecule has 0 fully saturated rings. The highest BCUT2D eigenvalue weighted by atomic mass is 32.2. The molecule has 27 heavy (non-hydrogen) atoms. The first kappa shape index (κ1) is 20.5. The fourth-order valence-corrected chi connectivity index (χ4v) is 2.46. The quantitative estimate of drug-likeness (QED) is 0.629. The monoisotopic (exact) mass is 389 g/mol. The number of thiol groups is 1. The molecule has 1 aromatic heterocycles. The molecule has 0 saturated carbocycles. The van der Waals surface area contributed by atoms with E-state index in [2.05, 4.69) is 40.6 Å². The number of hydrogen-bond donors (Lipinski definition) is 2. The summed E-state index contributed by atoms with van der Waals surface area (Å²) >= 11 is 0. The summed E-state index contributed by atoms with van der Waals surface area (Å²) in [5, 5.41) is 8.70. The van der Waals surface area contributed by atoms with Crippen molar-refractivity contribution < 1.29 is 17.9 Å². The van der Waals surface area contributed by atoms with Gasteiger partial charge < -0.3 is 9.47 Å². The number of aromatic nitrogens is 2. The van der Waals surface area contributed by atoms with Gasteiger partial charge >= 0.3 is 0 Å². The standard InChI is InChI=1S/C19H20N2O2.H3NO2S/c1-22-18-7-3-15(4-8-18)13-17-11-12-21(20-17)14-16-5-9-19(23-2)10-6-16;1-4(2)3/h3-12H,13-14H2,1-2H3;4H,(H2,1,2,3). The Bertz CT molecular complexity index is 831. The largest absolute Gasteiger partial charge is 0.497 e. The summed E-state index contributed by atoms with van der Waals surface area (Å²) in [7, 11) is 0.731. The molecule has 0 saturated heterocycles. The Labute approximate surface area is 160 Å². The number of rotatable bonds is 6. The SMILES string of the molecule is COc1ccc(Cc2ccn(Cc3ccc(OC)cc3)n2)cc1.N[SH](=O)=O. The first-order valence-corrected chi connectivity index (χ1v) is 9.42. The van der Waals surface area contributed by atoms with Crippen LogP contribution in [0.5, 0.6) is 11.5 Å². The molecule has 7 nitrogen and oxygen atoms in total. The zero-order valence-electron chi connectivity index (χ0n) is 15.2. The minimum Gasteiger partial charge on any atom is -0.497 e. The maximum atomic E-state index is 8.81. The van der Waals surface area contributed by atoms with Crippen LogP contribution in [0.4, 0.5) is 0 Å². The smallest absolute Gasteiger partial charge is 0.198 e. The van der Waals surface area contributed by atoms with Crippen molar-refractivity contribution in [3.63, 3.8) is 0 Å². The van der Waals surface area contributed by atoms with Crippen LogP contribution < -0.4 is 14.6 Å². The van der Waals surface area contributed by atoms with Crippen LogP contribution >= 0.6 is 0 Å². The summed E-state index contributed by atoms with van der Waals surface area (Å²) in [5.74, 6) is 1.74. The molecule has 0 amide bonds. The van der Waals surface area contributed by atoms with E-state index in [1.807, 2.05) is 35.1 Å². The number of nitrogens with zero attached hydrogens (tertiary/aromatic N) is 2. The molecule has 0 aliphatic rings.